The third kappa shape index (κ3) is 5.55. The third-order valence-electron chi connectivity index (χ3n) is 4.26. The highest BCUT2D eigenvalue weighted by atomic mass is 19.4. The first-order valence-electron chi connectivity index (χ1n) is 8.71. The molecule has 11 heteroatoms. The Morgan fingerprint density at radius 3 is 2.61 bits per heavy atom. The average Bonchev–Trinajstić information content (AvgIpc) is 2.97. The molecule has 2 rings (SSSR count). The fraction of sp³-hybridized carbons (Fsp3) is 0.588. The topological polar surface area (TPSA) is 114 Å². The molecule has 0 aliphatic carbocycles. The Labute approximate surface area is 159 Å². The van der Waals surface area contributed by atoms with Gasteiger partial charge in [0.15, 0.2) is 6.29 Å². The van der Waals surface area contributed by atoms with E-state index < -0.39 is 46.6 Å². The summed E-state index contributed by atoms with van der Waals surface area (Å²) in [6, 6.07) is 0.527. The number of aliphatic hydroxyl groups excluding tert-OH is 1. The molecule has 1 aromatic carbocycles. The predicted octanol–water partition coefficient (Wildman–Crippen LogP) is 2.66. The van der Waals surface area contributed by atoms with Crippen molar-refractivity contribution in [3.05, 3.63) is 33.9 Å². The van der Waals surface area contributed by atoms with Gasteiger partial charge in [0, 0.05) is 6.07 Å². The van der Waals surface area contributed by atoms with Crippen LogP contribution in [0.25, 0.3) is 0 Å². The van der Waals surface area contributed by atoms with Gasteiger partial charge in [-0.25, -0.2) is 0 Å². The second kappa shape index (κ2) is 8.74. The number of hydrogen-bond donors (Lipinski definition) is 3. The number of carbonyl (C=O) groups is 1. The summed E-state index contributed by atoms with van der Waals surface area (Å²) < 4.78 is 43.5. The summed E-state index contributed by atoms with van der Waals surface area (Å²) in [6.07, 6.45) is -5.20. The number of hydrogen-bond acceptors (Lipinski definition) is 6. The van der Waals surface area contributed by atoms with Crippen LogP contribution in [0.3, 0.4) is 0 Å². The lowest BCUT2D eigenvalue weighted by Crippen LogP contribution is -2.48. The zero-order valence-electron chi connectivity index (χ0n) is 15.3. The van der Waals surface area contributed by atoms with E-state index in [4.69, 9.17) is 4.74 Å². The zero-order valence-corrected chi connectivity index (χ0v) is 15.3. The van der Waals surface area contributed by atoms with Crippen molar-refractivity contribution in [3.8, 4) is 0 Å². The van der Waals surface area contributed by atoms with E-state index >= 15 is 0 Å². The van der Waals surface area contributed by atoms with E-state index in [1.807, 2.05) is 13.8 Å². The van der Waals surface area contributed by atoms with E-state index in [-0.39, 0.29) is 24.6 Å². The van der Waals surface area contributed by atoms with Gasteiger partial charge in [-0.05, 0) is 30.9 Å². The van der Waals surface area contributed by atoms with Crippen molar-refractivity contribution in [1.29, 1.82) is 0 Å². The Morgan fingerprint density at radius 1 is 1.43 bits per heavy atom. The molecule has 8 nitrogen and oxygen atoms in total. The van der Waals surface area contributed by atoms with Crippen LogP contribution in [0.15, 0.2) is 18.2 Å². The minimum atomic E-state index is -4.73. The van der Waals surface area contributed by atoms with Gasteiger partial charge in [-0.1, -0.05) is 13.8 Å². The Hall–Kier alpha value is -2.40. The molecule has 1 aliphatic heterocycles. The summed E-state index contributed by atoms with van der Waals surface area (Å²) in [4.78, 5) is 22.9. The molecule has 3 unspecified atom stereocenters. The number of ether oxygens (including phenoxy) is 1. The lowest BCUT2D eigenvalue weighted by molar-refractivity contribution is -0.384. The lowest BCUT2D eigenvalue weighted by Gasteiger charge is -2.24. The number of aliphatic hydroxyl groups is 1. The fourth-order valence-corrected chi connectivity index (χ4v) is 2.87. The summed E-state index contributed by atoms with van der Waals surface area (Å²) in [7, 11) is 0. The Kier molecular flexibility index (Phi) is 6.83. The van der Waals surface area contributed by atoms with Crippen molar-refractivity contribution in [2.45, 2.75) is 51.2 Å². The molecule has 0 spiro atoms. The second-order valence-corrected chi connectivity index (χ2v) is 6.98. The Bertz CT molecular complexity index is 726. The Balaban J connectivity index is 2.25. The molecular formula is C17H22F3N3O5. The molecule has 1 aliphatic rings. The van der Waals surface area contributed by atoms with E-state index in [1.54, 1.807) is 0 Å². The van der Waals surface area contributed by atoms with Crippen LogP contribution < -0.4 is 10.6 Å². The zero-order chi connectivity index (χ0) is 21.1. The van der Waals surface area contributed by atoms with Gasteiger partial charge in [0.05, 0.1) is 23.1 Å². The maximum absolute atomic E-state index is 12.8. The molecule has 0 saturated carbocycles. The summed E-state index contributed by atoms with van der Waals surface area (Å²) in [5.74, 6) is -0.515. The van der Waals surface area contributed by atoms with E-state index in [9.17, 15) is 33.2 Å². The van der Waals surface area contributed by atoms with Crippen LogP contribution >= 0.6 is 0 Å². The summed E-state index contributed by atoms with van der Waals surface area (Å²) >= 11 is 0. The quantitative estimate of drug-likeness (QED) is 0.475. The molecule has 1 heterocycles. The number of carbonyl (C=O) groups excluding carboxylic acids is 1. The number of nitrogens with zero attached hydrogens (tertiary/aromatic N) is 1. The van der Waals surface area contributed by atoms with Gasteiger partial charge in [-0.15, -0.1) is 0 Å². The third-order valence-corrected chi connectivity index (χ3v) is 4.26. The smallest absolute Gasteiger partial charge is 0.368 e. The highest BCUT2D eigenvalue weighted by Gasteiger charge is 2.34. The molecule has 1 amide bonds. The molecule has 0 radical (unpaired) electrons. The van der Waals surface area contributed by atoms with Gasteiger partial charge in [0.25, 0.3) is 5.69 Å². The largest absolute Gasteiger partial charge is 0.416 e. The van der Waals surface area contributed by atoms with Crippen molar-refractivity contribution in [1.82, 2.24) is 5.32 Å². The normalized spacial score (nSPS) is 20.8. The summed E-state index contributed by atoms with van der Waals surface area (Å²) in [6.45, 7) is 3.94. The molecule has 1 aromatic rings. The van der Waals surface area contributed by atoms with E-state index in [1.165, 1.54) is 0 Å². The standard InChI is InChI=1S/C17H22F3N3O5/c1-9(2)7-13(15(24)22-12-5-6-28-16(12)25)21-11-4-3-10(17(18,19)20)8-14(11)23(26)27/h3-4,8-9,12-13,16,21,25H,5-7H2,1-2H3,(H,22,24). The van der Waals surface area contributed by atoms with Gasteiger partial charge < -0.3 is 20.5 Å². The SMILES string of the molecule is CC(C)CC(Nc1ccc(C(F)(F)F)cc1[N+](=O)[O-])C(=O)NC1CCOC1O. The highest BCUT2D eigenvalue weighted by molar-refractivity contribution is 5.86. The number of amides is 1. The van der Waals surface area contributed by atoms with Crippen LogP contribution in [0.1, 0.15) is 32.3 Å². The number of nitro benzene ring substituents is 1. The van der Waals surface area contributed by atoms with E-state index in [0.29, 0.717) is 18.6 Å². The van der Waals surface area contributed by atoms with Crippen molar-refractivity contribution >= 4 is 17.3 Å². The van der Waals surface area contributed by atoms with Gasteiger partial charge in [0.2, 0.25) is 5.91 Å². The van der Waals surface area contributed by atoms with Crippen LogP contribution in [0.2, 0.25) is 0 Å². The Morgan fingerprint density at radius 2 is 2.11 bits per heavy atom. The molecular weight excluding hydrogens is 383 g/mol. The number of alkyl halides is 3. The molecule has 1 fully saturated rings. The van der Waals surface area contributed by atoms with Crippen LogP contribution in [-0.4, -0.2) is 40.9 Å². The summed E-state index contributed by atoms with van der Waals surface area (Å²) in [5.41, 5.74) is -2.12. The fourth-order valence-electron chi connectivity index (χ4n) is 2.87. The molecule has 3 N–H and O–H groups in total. The first kappa shape index (κ1) is 21.9. The predicted molar refractivity (Wildman–Crippen MR) is 93.5 cm³/mol. The van der Waals surface area contributed by atoms with Crippen molar-refractivity contribution < 1.29 is 32.7 Å². The number of rotatable bonds is 7. The molecule has 3 atom stereocenters. The van der Waals surface area contributed by atoms with Crippen LogP contribution in [0.5, 0.6) is 0 Å². The first-order valence-corrected chi connectivity index (χ1v) is 8.71. The van der Waals surface area contributed by atoms with Crippen LogP contribution in [-0.2, 0) is 15.7 Å². The maximum Gasteiger partial charge on any atom is 0.416 e. The number of benzene rings is 1. The average molecular weight is 405 g/mol. The van der Waals surface area contributed by atoms with Crippen LogP contribution in [0, 0.1) is 16.0 Å². The highest BCUT2D eigenvalue weighted by Crippen LogP contribution is 2.35. The minimum absolute atomic E-state index is 0.0153. The van der Waals surface area contributed by atoms with Gasteiger partial charge >= 0.3 is 6.18 Å². The molecule has 0 bridgehead atoms. The number of nitro groups is 1. The molecule has 0 aromatic heterocycles. The lowest BCUT2D eigenvalue weighted by atomic mass is 10.0. The maximum atomic E-state index is 12.8. The monoisotopic (exact) mass is 405 g/mol. The number of halogens is 3. The van der Waals surface area contributed by atoms with Crippen molar-refractivity contribution in [2.24, 2.45) is 5.92 Å². The molecule has 1 saturated heterocycles. The second-order valence-electron chi connectivity index (χ2n) is 6.98. The van der Waals surface area contributed by atoms with E-state index in [0.717, 1.165) is 6.07 Å². The van der Waals surface area contributed by atoms with E-state index in [2.05, 4.69) is 10.6 Å². The van der Waals surface area contributed by atoms with Crippen LogP contribution in [0.4, 0.5) is 24.5 Å². The number of anilines is 1. The molecule has 156 valence electrons. The summed E-state index contributed by atoms with van der Waals surface area (Å²) in [5, 5.41) is 26.2. The van der Waals surface area contributed by atoms with Gasteiger partial charge in [-0.3, -0.25) is 14.9 Å². The number of nitrogens with one attached hydrogen (secondary N) is 2. The van der Waals surface area contributed by atoms with Gasteiger partial charge in [0.1, 0.15) is 11.7 Å². The van der Waals surface area contributed by atoms with Crippen molar-refractivity contribution in [2.75, 3.05) is 11.9 Å². The minimum Gasteiger partial charge on any atom is -0.368 e. The van der Waals surface area contributed by atoms with Gasteiger partial charge in [-0.2, -0.15) is 13.2 Å². The van der Waals surface area contributed by atoms with Crippen molar-refractivity contribution in [3.63, 3.8) is 0 Å². The first-order chi connectivity index (χ1) is 13.0. The molecule has 28 heavy (non-hydrogen) atoms.